The van der Waals surface area contributed by atoms with E-state index >= 15 is 0 Å². The van der Waals surface area contributed by atoms with Crippen molar-refractivity contribution < 1.29 is 18.6 Å². The SMILES string of the molecule is N#Cc1cc(COc2cc(F)cc(CO)c2)ccc1F. The average Bonchev–Trinajstić information content (AvgIpc) is 2.45. The van der Waals surface area contributed by atoms with E-state index in [1.807, 2.05) is 0 Å². The molecule has 0 aromatic heterocycles. The van der Waals surface area contributed by atoms with Crippen molar-refractivity contribution in [2.24, 2.45) is 0 Å². The molecular formula is C15H11F2NO2. The molecule has 0 atom stereocenters. The molecule has 2 aromatic rings. The van der Waals surface area contributed by atoms with Gasteiger partial charge in [-0.2, -0.15) is 5.26 Å². The molecule has 102 valence electrons. The minimum atomic E-state index is -0.593. The molecule has 0 radical (unpaired) electrons. The van der Waals surface area contributed by atoms with Gasteiger partial charge in [-0.25, -0.2) is 8.78 Å². The lowest BCUT2D eigenvalue weighted by Gasteiger charge is -2.08. The van der Waals surface area contributed by atoms with E-state index < -0.39 is 11.6 Å². The third kappa shape index (κ3) is 3.31. The molecule has 0 amide bonds. The fourth-order valence-corrected chi connectivity index (χ4v) is 1.71. The second-order valence-electron chi connectivity index (χ2n) is 4.17. The van der Waals surface area contributed by atoms with Crippen molar-refractivity contribution in [1.82, 2.24) is 0 Å². The molecular weight excluding hydrogens is 264 g/mol. The monoisotopic (exact) mass is 275 g/mol. The predicted molar refractivity (Wildman–Crippen MR) is 67.8 cm³/mol. The van der Waals surface area contributed by atoms with Crippen LogP contribution in [0.5, 0.6) is 5.75 Å². The smallest absolute Gasteiger partial charge is 0.140 e. The predicted octanol–water partition coefficient (Wildman–Crippen LogP) is 2.91. The number of aliphatic hydroxyl groups is 1. The van der Waals surface area contributed by atoms with Gasteiger partial charge in [0.25, 0.3) is 0 Å². The van der Waals surface area contributed by atoms with Crippen molar-refractivity contribution in [1.29, 1.82) is 5.26 Å². The second-order valence-corrected chi connectivity index (χ2v) is 4.17. The van der Waals surface area contributed by atoms with E-state index in [-0.39, 0.29) is 24.5 Å². The van der Waals surface area contributed by atoms with Gasteiger partial charge in [0, 0.05) is 6.07 Å². The van der Waals surface area contributed by atoms with Gasteiger partial charge in [-0.15, -0.1) is 0 Å². The summed E-state index contributed by atoms with van der Waals surface area (Å²) in [5, 5.41) is 17.7. The van der Waals surface area contributed by atoms with Crippen molar-refractivity contribution in [3.8, 4) is 11.8 Å². The molecule has 2 aromatic carbocycles. The maximum atomic E-state index is 13.2. The van der Waals surface area contributed by atoms with Crippen molar-refractivity contribution in [3.05, 3.63) is 64.7 Å². The van der Waals surface area contributed by atoms with Gasteiger partial charge in [0.2, 0.25) is 0 Å². The van der Waals surface area contributed by atoms with Crippen LogP contribution in [0.2, 0.25) is 0 Å². The van der Waals surface area contributed by atoms with Crippen LogP contribution in [-0.4, -0.2) is 5.11 Å². The topological polar surface area (TPSA) is 53.2 Å². The van der Waals surface area contributed by atoms with Crippen molar-refractivity contribution >= 4 is 0 Å². The first kappa shape index (κ1) is 14.0. The number of rotatable bonds is 4. The normalized spacial score (nSPS) is 10.1. The molecule has 20 heavy (non-hydrogen) atoms. The summed E-state index contributed by atoms with van der Waals surface area (Å²) in [6.45, 7) is -0.216. The van der Waals surface area contributed by atoms with Crippen LogP contribution < -0.4 is 4.74 Å². The summed E-state index contributed by atoms with van der Waals surface area (Å²) in [7, 11) is 0. The van der Waals surface area contributed by atoms with Crippen LogP contribution in [-0.2, 0) is 13.2 Å². The third-order valence-corrected chi connectivity index (χ3v) is 2.67. The first-order valence-electron chi connectivity index (χ1n) is 5.84. The maximum absolute atomic E-state index is 13.2. The summed E-state index contributed by atoms with van der Waals surface area (Å²) in [6, 6.07) is 9.69. The number of hydrogen-bond donors (Lipinski definition) is 1. The molecule has 0 aliphatic heterocycles. The molecule has 0 aliphatic rings. The number of nitrogens with zero attached hydrogens (tertiary/aromatic N) is 1. The Morgan fingerprint density at radius 2 is 1.90 bits per heavy atom. The molecule has 3 nitrogen and oxygen atoms in total. The number of benzene rings is 2. The van der Waals surface area contributed by atoms with E-state index in [0.29, 0.717) is 11.1 Å². The highest BCUT2D eigenvalue weighted by atomic mass is 19.1. The largest absolute Gasteiger partial charge is 0.489 e. The Labute approximate surface area is 114 Å². The van der Waals surface area contributed by atoms with Gasteiger partial charge in [0.15, 0.2) is 0 Å². The molecule has 0 fully saturated rings. The zero-order chi connectivity index (χ0) is 14.5. The molecule has 0 spiro atoms. The van der Waals surface area contributed by atoms with Gasteiger partial charge in [-0.3, -0.25) is 0 Å². The van der Waals surface area contributed by atoms with E-state index in [9.17, 15) is 8.78 Å². The molecule has 2 rings (SSSR count). The Balaban J connectivity index is 2.13. The third-order valence-electron chi connectivity index (χ3n) is 2.67. The molecule has 0 unspecified atom stereocenters. The fourth-order valence-electron chi connectivity index (χ4n) is 1.71. The minimum absolute atomic E-state index is 0.0682. The Bertz CT molecular complexity index is 665. The van der Waals surface area contributed by atoms with E-state index in [2.05, 4.69) is 0 Å². The van der Waals surface area contributed by atoms with E-state index in [4.69, 9.17) is 15.1 Å². The van der Waals surface area contributed by atoms with Crippen molar-refractivity contribution in [2.45, 2.75) is 13.2 Å². The fraction of sp³-hybridized carbons (Fsp3) is 0.133. The maximum Gasteiger partial charge on any atom is 0.140 e. The highest BCUT2D eigenvalue weighted by Gasteiger charge is 2.05. The van der Waals surface area contributed by atoms with Crippen molar-refractivity contribution in [2.75, 3.05) is 0 Å². The number of ether oxygens (including phenoxy) is 1. The summed E-state index contributed by atoms with van der Waals surface area (Å²) >= 11 is 0. The first-order valence-corrected chi connectivity index (χ1v) is 5.84. The van der Waals surface area contributed by atoms with E-state index in [1.165, 1.54) is 36.4 Å². The lowest BCUT2D eigenvalue weighted by molar-refractivity contribution is 0.276. The zero-order valence-corrected chi connectivity index (χ0v) is 10.4. The Kier molecular flexibility index (Phi) is 4.28. The van der Waals surface area contributed by atoms with E-state index in [1.54, 1.807) is 6.07 Å². The van der Waals surface area contributed by atoms with Crippen molar-refractivity contribution in [3.63, 3.8) is 0 Å². The molecule has 0 bridgehead atoms. The standard InChI is InChI=1S/C15H11F2NO2/c16-13-4-11(8-19)5-14(6-13)20-9-10-1-2-15(17)12(3-10)7-18/h1-6,19H,8-9H2. The lowest BCUT2D eigenvalue weighted by atomic mass is 10.1. The molecule has 0 saturated heterocycles. The van der Waals surface area contributed by atoms with Crippen LogP contribution in [0.4, 0.5) is 8.78 Å². The summed E-state index contributed by atoms with van der Waals surface area (Å²) in [5.41, 5.74) is 0.927. The number of halogens is 2. The summed E-state index contributed by atoms with van der Waals surface area (Å²) in [5.74, 6) is -0.843. The van der Waals surface area contributed by atoms with Gasteiger partial charge >= 0.3 is 0 Å². The molecule has 0 aliphatic carbocycles. The van der Waals surface area contributed by atoms with E-state index in [0.717, 1.165) is 0 Å². The van der Waals surface area contributed by atoms with Crippen LogP contribution in [0.1, 0.15) is 16.7 Å². The minimum Gasteiger partial charge on any atom is -0.489 e. The highest BCUT2D eigenvalue weighted by Crippen LogP contribution is 2.18. The van der Waals surface area contributed by atoms with Crippen LogP contribution in [0.3, 0.4) is 0 Å². The van der Waals surface area contributed by atoms with Crippen LogP contribution in [0.15, 0.2) is 36.4 Å². The Hall–Kier alpha value is -2.45. The van der Waals surface area contributed by atoms with Crippen LogP contribution >= 0.6 is 0 Å². The molecule has 0 heterocycles. The van der Waals surface area contributed by atoms with Gasteiger partial charge < -0.3 is 9.84 Å². The molecule has 0 saturated carbocycles. The number of nitriles is 1. The lowest BCUT2D eigenvalue weighted by Crippen LogP contribution is -1.98. The van der Waals surface area contributed by atoms with Gasteiger partial charge in [-0.05, 0) is 35.4 Å². The highest BCUT2D eigenvalue weighted by molar-refractivity contribution is 5.35. The zero-order valence-electron chi connectivity index (χ0n) is 10.4. The second kappa shape index (κ2) is 6.13. The van der Waals surface area contributed by atoms with Gasteiger partial charge in [-0.1, -0.05) is 6.07 Å². The summed E-state index contributed by atoms with van der Waals surface area (Å²) in [4.78, 5) is 0. The number of aliphatic hydroxyl groups excluding tert-OH is 1. The first-order chi connectivity index (χ1) is 9.62. The van der Waals surface area contributed by atoms with Gasteiger partial charge in [0.1, 0.15) is 30.1 Å². The van der Waals surface area contributed by atoms with Crippen LogP contribution in [0.25, 0.3) is 0 Å². The Morgan fingerprint density at radius 3 is 2.60 bits per heavy atom. The van der Waals surface area contributed by atoms with Crippen LogP contribution in [0, 0.1) is 23.0 Å². The Morgan fingerprint density at radius 1 is 1.10 bits per heavy atom. The molecule has 1 N–H and O–H groups in total. The van der Waals surface area contributed by atoms with Gasteiger partial charge in [0.05, 0.1) is 12.2 Å². The quantitative estimate of drug-likeness (QED) is 0.933. The molecule has 5 heteroatoms. The average molecular weight is 275 g/mol. The summed E-state index contributed by atoms with van der Waals surface area (Å²) < 4.78 is 31.7. The summed E-state index contributed by atoms with van der Waals surface area (Å²) in [6.07, 6.45) is 0. The number of hydrogen-bond acceptors (Lipinski definition) is 3.